The summed E-state index contributed by atoms with van der Waals surface area (Å²) in [5, 5.41) is 11.3. The number of pyridine rings is 1. The predicted octanol–water partition coefficient (Wildman–Crippen LogP) is 4.36. The molecule has 0 unspecified atom stereocenters. The molecule has 1 aliphatic heterocycles. The molecule has 0 bridgehead atoms. The van der Waals surface area contributed by atoms with Gasteiger partial charge in [0.2, 0.25) is 10.0 Å². The number of rotatable bonds is 13. The second-order valence-electron chi connectivity index (χ2n) is 9.79. The molecule has 0 spiro atoms. The average molecular weight is 627 g/mol. The smallest absolute Gasteiger partial charge is 0.475 e. The number of methoxy groups -OCH3 is 1. The molecule has 2 heterocycles. The summed E-state index contributed by atoms with van der Waals surface area (Å²) in [7, 11) is -1.94. The van der Waals surface area contributed by atoms with E-state index in [-0.39, 0.29) is 11.0 Å². The molecule has 43 heavy (non-hydrogen) atoms. The number of aromatic nitrogens is 1. The molecule has 2 N–H and O–H groups in total. The highest BCUT2D eigenvalue weighted by Gasteiger charge is 2.38. The van der Waals surface area contributed by atoms with E-state index in [1.807, 2.05) is 12.1 Å². The highest BCUT2D eigenvalue weighted by molar-refractivity contribution is 7.89. The number of nitrogens with zero attached hydrogens (tertiary/aromatic N) is 3. The van der Waals surface area contributed by atoms with Crippen LogP contribution in [0.1, 0.15) is 25.0 Å². The molecule has 236 valence electrons. The Kier molecular flexibility index (Phi) is 12.3. The molecule has 0 radical (unpaired) electrons. The fourth-order valence-corrected chi connectivity index (χ4v) is 5.71. The maximum Gasteiger partial charge on any atom is 0.490 e. The third-order valence-corrected chi connectivity index (χ3v) is 8.62. The van der Waals surface area contributed by atoms with Gasteiger partial charge >= 0.3 is 12.1 Å². The Morgan fingerprint density at radius 1 is 1.05 bits per heavy atom. The van der Waals surface area contributed by atoms with Gasteiger partial charge in [-0.25, -0.2) is 18.2 Å². The van der Waals surface area contributed by atoms with Crippen LogP contribution in [0.2, 0.25) is 0 Å². The molecule has 10 nitrogen and oxygen atoms in total. The van der Waals surface area contributed by atoms with E-state index in [0.29, 0.717) is 32.8 Å². The van der Waals surface area contributed by atoms with Crippen LogP contribution in [0.5, 0.6) is 0 Å². The lowest BCUT2D eigenvalue weighted by atomic mass is 10.1. The van der Waals surface area contributed by atoms with E-state index < -0.39 is 22.2 Å². The molecule has 4 rings (SSSR count). The van der Waals surface area contributed by atoms with Gasteiger partial charge in [-0.15, -0.1) is 0 Å². The Balaban J connectivity index is 0.000000646. The monoisotopic (exact) mass is 626 g/mol. The molecule has 0 saturated carbocycles. The molecule has 0 atom stereocenters. The van der Waals surface area contributed by atoms with Gasteiger partial charge in [-0.1, -0.05) is 38.1 Å². The summed E-state index contributed by atoms with van der Waals surface area (Å²) in [5.74, 6) is -2.00. The van der Waals surface area contributed by atoms with Gasteiger partial charge in [0.1, 0.15) is 5.82 Å². The van der Waals surface area contributed by atoms with Crippen molar-refractivity contribution in [2.45, 2.75) is 44.1 Å². The Hall–Kier alpha value is -3.30. The van der Waals surface area contributed by atoms with Crippen LogP contribution in [0.25, 0.3) is 10.9 Å². The third-order valence-electron chi connectivity index (χ3n) is 6.79. The lowest BCUT2D eigenvalue weighted by molar-refractivity contribution is -0.192. The van der Waals surface area contributed by atoms with Crippen molar-refractivity contribution in [3.8, 4) is 0 Å². The first-order valence-electron chi connectivity index (χ1n) is 13.7. The van der Waals surface area contributed by atoms with Crippen LogP contribution in [-0.4, -0.2) is 92.5 Å². The lowest BCUT2D eigenvalue weighted by Gasteiger charge is -2.37. The van der Waals surface area contributed by atoms with E-state index in [4.69, 9.17) is 19.4 Å². The van der Waals surface area contributed by atoms with E-state index in [0.717, 1.165) is 36.4 Å². The largest absolute Gasteiger partial charge is 0.490 e. The Bertz CT molecular complexity index is 1440. The Morgan fingerprint density at radius 2 is 1.67 bits per heavy atom. The second-order valence-corrected chi connectivity index (χ2v) is 11.7. The van der Waals surface area contributed by atoms with Gasteiger partial charge < -0.3 is 19.9 Å². The number of ether oxygens (including phenoxy) is 2. The number of alkyl halides is 3. The minimum atomic E-state index is -5.08. The molecule has 1 saturated heterocycles. The minimum Gasteiger partial charge on any atom is -0.475 e. The summed E-state index contributed by atoms with van der Waals surface area (Å²) in [5.41, 5.74) is 3.24. The number of benzene rings is 2. The molecule has 1 aliphatic rings. The zero-order valence-electron chi connectivity index (χ0n) is 24.3. The standard InChI is InChI=1S/C27H36N4O4S.C2HF3O2/c1-4-30(5-2)18-22-8-6-21(7-9-22)17-28-27-13-10-23-16-25(11-12-26(23)29-27)36(32,33)31-19-24(20-31)35-15-14-34-3;3-2(4,5)1(6)7/h6-13,16,24H,4-5,14-15,17-20H2,1-3H3,(H,28,29);(H,6,7). The molecule has 0 amide bonds. The van der Waals surface area contributed by atoms with Crippen molar-refractivity contribution in [1.29, 1.82) is 0 Å². The van der Waals surface area contributed by atoms with Crippen LogP contribution in [0.15, 0.2) is 59.5 Å². The number of fused-ring (bicyclic) bond motifs is 1. The number of hydrogen-bond acceptors (Lipinski definition) is 8. The second kappa shape index (κ2) is 15.4. The van der Waals surface area contributed by atoms with Gasteiger partial charge in [-0.3, -0.25) is 4.90 Å². The first-order valence-corrected chi connectivity index (χ1v) is 15.2. The first-order chi connectivity index (χ1) is 20.4. The number of anilines is 1. The normalized spacial score (nSPS) is 14.3. The zero-order valence-corrected chi connectivity index (χ0v) is 25.1. The number of carbonyl (C=O) groups is 1. The van der Waals surface area contributed by atoms with E-state index in [1.165, 1.54) is 15.4 Å². The number of halogens is 3. The van der Waals surface area contributed by atoms with Crippen molar-refractivity contribution in [3.05, 3.63) is 65.7 Å². The Labute approximate surface area is 249 Å². The van der Waals surface area contributed by atoms with E-state index in [2.05, 4.69) is 53.3 Å². The van der Waals surface area contributed by atoms with Crippen LogP contribution in [-0.2, 0) is 37.4 Å². The number of carboxylic acids is 1. The minimum absolute atomic E-state index is 0.0794. The molecular weight excluding hydrogens is 589 g/mol. The summed E-state index contributed by atoms with van der Waals surface area (Å²) in [6.45, 7) is 9.78. The van der Waals surface area contributed by atoms with Gasteiger partial charge in [-0.05, 0) is 54.5 Å². The SMILES string of the molecule is CCN(CC)Cc1ccc(CNc2ccc3cc(S(=O)(=O)N4CC(OCCOC)C4)ccc3n2)cc1.O=C(O)C(F)(F)F. The summed E-state index contributed by atoms with van der Waals surface area (Å²) in [6.07, 6.45) is -5.16. The first kappa shape index (κ1) is 34.2. The molecule has 14 heteroatoms. The maximum absolute atomic E-state index is 13.0. The van der Waals surface area contributed by atoms with Gasteiger partial charge in [0.15, 0.2) is 0 Å². The fourth-order valence-electron chi connectivity index (χ4n) is 4.17. The summed E-state index contributed by atoms with van der Waals surface area (Å²) in [4.78, 5) is 16.2. The van der Waals surface area contributed by atoms with Crippen molar-refractivity contribution >= 4 is 32.7 Å². The van der Waals surface area contributed by atoms with Crippen LogP contribution in [0.3, 0.4) is 0 Å². The van der Waals surface area contributed by atoms with E-state index in [9.17, 15) is 21.6 Å². The van der Waals surface area contributed by atoms with Crippen LogP contribution in [0.4, 0.5) is 19.0 Å². The molecule has 0 aliphatic carbocycles. The van der Waals surface area contributed by atoms with E-state index in [1.54, 1.807) is 25.3 Å². The maximum atomic E-state index is 13.0. The van der Waals surface area contributed by atoms with Crippen LogP contribution in [0, 0.1) is 0 Å². The highest BCUT2D eigenvalue weighted by atomic mass is 32.2. The average Bonchev–Trinajstić information content (AvgIpc) is 2.95. The van der Waals surface area contributed by atoms with Gasteiger partial charge in [-0.2, -0.15) is 17.5 Å². The quantitative estimate of drug-likeness (QED) is 0.267. The highest BCUT2D eigenvalue weighted by Crippen LogP contribution is 2.26. The van der Waals surface area contributed by atoms with Crippen molar-refractivity contribution in [3.63, 3.8) is 0 Å². The van der Waals surface area contributed by atoms with Crippen molar-refractivity contribution in [2.75, 3.05) is 51.8 Å². The number of sulfonamides is 1. The zero-order chi connectivity index (χ0) is 31.6. The van der Waals surface area contributed by atoms with Crippen molar-refractivity contribution in [1.82, 2.24) is 14.2 Å². The molecule has 3 aromatic rings. The van der Waals surface area contributed by atoms with Gasteiger partial charge in [0.05, 0.1) is 29.7 Å². The van der Waals surface area contributed by atoms with Crippen molar-refractivity contribution in [2.24, 2.45) is 0 Å². The molecular formula is C29H37F3N4O6S. The van der Waals surface area contributed by atoms with Gasteiger partial charge in [0, 0.05) is 38.7 Å². The Morgan fingerprint density at radius 3 is 2.26 bits per heavy atom. The summed E-state index contributed by atoms with van der Waals surface area (Å²) < 4.78 is 69.7. The van der Waals surface area contributed by atoms with Crippen LogP contribution < -0.4 is 5.32 Å². The number of nitrogens with one attached hydrogen (secondary N) is 1. The predicted molar refractivity (Wildman–Crippen MR) is 156 cm³/mol. The van der Waals surface area contributed by atoms with Gasteiger partial charge in [0.25, 0.3) is 0 Å². The number of carboxylic acid groups (broad SMARTS) is 1. The number of aliphatic carboxylic acids is 1. The lowest BCUT2D eigenvalue weighted by Crippen LogP contribution is -2.54. The molecule has 1 fully saturated rings. The fraction of sp³-hybridized carbons (Fsp3) is 0.448. The number of hydrogen-bond donors (Lipinski definition) is 2. The summed E-state index contributed by atoms with van der Waals surface area (Å²) >= 11 is 0. The topological polar surface area (TPSA) is 121 Å². The molecule has 2 aromatic carbocycles. The molecule has 1 aromatic heterocycles. The third kappa shape index (κ3) is 9.86. The van der Waals surface area contributed by atoms with Crippen molar-refractivity contribution < 1.29 is 41.0 Å². The van der Waals surface area contributed by atoms with Crippen LogP contribution >= 0.6 is 0 Å². The van der Waals surface area contributed by atoms with E-state index >= 15 is 0 Å². The summed E-state index contributed by atoms with van der Waals surface area (Å²) in [6, 6.07) is 17.5.